The summed E-state index contributed by atoms with van der Waals surface area (Å²) in [6.45, 7) is 2.31. The van der Waals surface area contributed by atoms with Crippen molar-refractivity contribution in [2.75, 3.05) is 6.54 Å². The molecule has 1 rings (SSSR count). The van der Waals surface area contributed by atoms with E-state index in [4.69, 9.17) is 28.9 Å². The van der Waals surface area contributed by atoms with Crippen molar-refractivity contribution in [3.05, 3.63) is 33.8 Å². The van der Waals surface area contributed by atoms with Gasteiger partial charge in [0.1, 0.15) is 0 Å². The second-order valence-electron chi connectivity index (χ2n) is 3.94. The smallest absolute Gasteiger partial charge is 0.220 e. The molecule has 0 fully saturated rings. The maximum atomic E-state index is 11.5. The summed E-state index contributed by atoms with van der Waals surface area (Å²) in [5.41, 5.74) is 6.34. The van der Waals surface area contributed by atoms with Gasteiger partial charge in [-0.3, -0.25) is 4.79 Å². The summed E-state index contributed by atoms with van der Waals surface area (Å²) in [6.07, 6.45) is 0.991. The van der Waals surface area contributed by atoms with Gasteiger partial charge in [-0.05, 0) is 31.0 Å². The predicted molar refractivity (Wildman–Crippen MR) is 78.7 cm³/mol. The third-order valence-corrected chi connectivity index (χ3v) is 2.98. The summed E-state index contributed by atoms with van der Waals surface area (Å²) in [7, 11) is 0. The van der Waals surface area contributed by atoms with Crippen LogP contribution < -0.4 is 11.1 Å². The molecule has 0 aliphatic rings. The number of aryl methyl sites for hydroxylation is 1. The zero-order valence-corrected chi connectivity index (χ0v) is 12.4. The Morgan fingerprint density at radius 2 is 2.11 bits per heavy atom. The summed E-state index contributed by atoms with van der Waals surface area (Å²) < 4.78 is 0. The molecule has 102 valence electrons. The summed E-state index contributed by atoms with van der Waals surface area (Å²) >= 11 is 11.8. The van der Waals surface area contributed by atoms with Gasteiger partial charge in [0.05, 0.1) is 0 Å². The Kier molecular flexibility index (Phi) is 8.36. The number of carbonyl (C=O) groups excluding carboxylic acids is 1. The minimum absolute atomic E-state index is 0. The molecule has 1 aromatic carbocycles. The van der Waals surface area contributed by atoms with Gasteiger partial charge in [-0.25, -0.2) is 0 Å². The number of nitrogens with one attached hydrogen (secondary N) is 1. The highest BCUT2D eigenvalue weighted by molar-refractivity contribution is 6.35. The topological polar surface area (TPSA) is 55.1 Å². The Bertz CT molecular complexity index is 399. The average Bonchev–Trinajstić information content (AvgIpc) is 2.27. The number of rotatable bonds is 5. The second kappa shape index (κ2) is 8.59. The molecule has 1 atom stereocenters. The largest absolute Gasteiger partial charge is 0.352 e. The van der Waals surface area contributed by atoms with E-state index in [-0.39, 0.29) is 24.4 Å². The predicted octanol–water partition coefficient (Wildman–Crippen LogP) is 2.81. The van der Waals surface area contributed by atoms with Gasteiger partial charge in [0, 0.05) is 29.1 Å². The van der Waals surface area contributed by atoms with Crippen molar-refractivity contribution in [3.8, 4) is 0 Å². The fraction of sp³-hybridized carbons (Fsp3) is 0.417. The second-order valence-corrected chi connectivity index (χ2v) is 4.78. The molecule has 0 bridgehead atoms. The van der Waals surface area contributed by atoms with Gasteiger partial charge in [0.15, 0.2) is 0 Å². The van der Waals surface area contributed by atoms with Crippen LogP contribution in [0.25, 0.3) is 0 Å². The van der Waals surface area contributed by atoms with Gasteiger partial charge in [-0.2, -0.15) is 0 Å². The minimum atomic E-state index is -0.0195. The van der Waals surface area contributed by atoms with E-state index in [1.165, 1.54) is 0 Å². The molecule has 0 radical (unpaired) electrons. The molecule has 1 aromatic rings. The highest BCUT2D eigenvalue weighted by Gasteiger charge is 2.07. The van der Waals surface area contributed by atoms with Crippen LogP contribution in [0.4, 0.5) is 0 Å². The van der Waals surface area contributed by atoms with Crippen LogP contribution >= 0.6 is 35.6 Å². The maximum absolute atomic E-state index is 11.5. The Labute approximate surface area is 123 Å². The zero-order chi connectivity index (χ0) is 12.8. The van der Waals surface area contributed by atoms with Crippen molar-refractivity contribution in [2.24, 2.45) is 5.73 Å². The molecule has 0 aliphatic carbocycles. The highest BCUT2D eigenvalue weighted by atomic mass is 35.5. The maximum Gasteiger partial charge on any atom is 0.220 e. The van der Waals surface area contributed by atoms with Gasteiger partial charge in [-0.1, -0.05) is 29.3 Å². The molecule has 0 spiro atoms. The number of amides is 1. The van der Waals surface area contributed by atoms with Crippen molar-refractivity contribution in [2.45, 2.75) is 25.8 Å². The lowest BCUT2D eigenvalue weighted by Gasteiger charge is -2.11. The lowest BCUT2D eigenvalue weighted by Crippen LogP contribution is -2.37. The third kappa shape index (κ3) is 5.91. The molecule has 3 N–H and O–H groups in total. The Balaban J connectivity index is 0.00000289. The van der Waals surface area contributed by atoms with Crippen LogP contribution in [0.5, 0.6) is 0 Å². The molecule has 3 nitrogen and oxygen atoms in total. The van der Waals surface area contributed by atoms with E-state index in [9.17, 15) is 4.79 Å². The first-order chi connectivity index (χ1) is 8.02. The molecule has 0 heterocycles. The summed E-state index contributed by atoms with van der Waals surface area (Å²) in [5.74, 6) is -0.0195. The first-order valence-corrected chi connectivity index (χ1v) is 6.22. The minimum Gasteiger partial charge on any atom is -0.352 e. The standard InChI is InChI=1S/C12H16Cl2N2O.ClH/c1-8(7-15)16-12(17)5-3-9-2-4-10(13)6-11(9)14;/h2,4,6,8H,3,5,7,15H2,1H3,(H,16,17);1H/t8-;/m0./s1. The van der Waals surface area contributed by atoms with Crippen molar-refractivity contribution in [1.29, 1.82) is 0 Å². The number of nitrogens with two attached hydrogens (primary N) is 1. The van der Waals surface area contributed by atoms with Gasteiger partial charge < -0.3 is 11.1 Å². The van der Waals surface area contributed by atoms with Crippen LogP contribution in [0.15, 0.2) is 18.2 Å². The number of benzene rings is 1. The molecular formula is C12H17Cl3N2O. The van der Waals surface area contributed by atoms with Crippen LogP contribution in [0.3, 0.4) is 0 Å². The zero-order valence-electron chi connectivity index (χ0n) is 10.1. The number of halogens is 3. The summed E-state index contributed by atoms with van der Waals surface area (Å²) in [6, 6.07) is 5.29. The van der Waals surface area contributed by atoms with Crippen molar-refractivity contribution >= 4 is 41.5 Å². The van der Waals surface area contributed by atoms with Crippen molar-refractivity contribution < 1.29 is 4.79 Å². The van der Waals surface area contributed by atoms with E-state index in [1.807, 2.05) is 13.0 Å². The molecule has 18 heavy (non-hydrogen) atoms. The summed E-state index contributed by atoms with van der Waals surface area (Å²) in [5, 5.41) is 3.99. The van der Waals surface area contributed by atoms with Gasteiger partial charge in [-0.15, -0.1) is 12.4 Å². The summed E-state index contributed by atoms with van der Waals surface area (Å²) in [4.78, 5) is 11.5. The van der Waals surface area contributed by atoms with Crippen molar-refractivity contribution in [1.82, 2.24) is 5.32 Å². The van der Waals surface area contributed by atoms with E-state index in [0.29, 0.717) is 29.4 Å². The lowest BCUT2D eigenvalue weighted by molar-refractivity contribution is -0.121. The van der Waals surface area contributed by atoms with E-state index in [1.54, 1.807) is 12.1 Å². The monoisotopic (exact) mass is 310 g/mol. The van der Waals surface area contributed by atoms with Crippen LogP contribution in [0.2, 0.25) is 10.0 Å². The number of carbonyl (C=O) groups is 1. The first kappa shape index (κ1) is 17.5. The molecule has 0 aliphatic heterocycles. The first-order valence-electron chi connectivity index (χ1n) is 5.46. The van der Waals surface area contributed by atoms with E-state index >= 15 is 0 Å². The average molecular weight is 312 g/mol. The molecular weight excluding hydrogens is 295 g/mol. The molecule has 0 aromatic heterocycles. The van der Waals surface area contributed by atoms with Crippen molar-refractivity contribution in [3.63, 3.8) is 0 Å². The number of hydrogen-bond donors (Lipinski definition) is 2. The van der Waals surface area contributed by atoms with Crippen LogP contribution in [0, 0.1) is 0 Å². The Morgan fingerprint density at radius 1 is 1.44 bits per heavy atom. The Morgan fingerprint density at radius 3 is 2.67 bits per heavy atom. The lowest BCUT2D eigenvalue weighted by atomic mass is 10.1. The Hall–Kier alpha value is -0.480. The normalized spacial score (nSPS) is 11.6. The quantitative estimate of drug-likeness (QED) is 0.878. The molecule has 1 amide bonds. The van der Waals surface area contributed by atoms with Crippen LogP contribution in [-0.4, -0.2) is 18.5 Å². The van der Waals surface area contributed by atoms with Gasteiger partial charge in [0.25, 0.3) is 0 Å². The molecule has 6 heteroatoms. The van der Waals surface area contributed by atoms with Crippen LogP contribution in [-0.2, 0) is 11.2 Å². The SMILES string of the molecule is C[C@@H](CN)NC(=O)CCc1ccc(Cl)cc1Cl.Cl. The van der Waals surface area contributed by atoms with E-state index < -0.39 is 0 Å². The number of hydrogen-bond acceptors (Lipinski definition) is 2. The van der Waals surface area contributed by atoms with Crippen LogP contribution in [0.1, 0.15) is 18.9 Å². The molecule has 0 saturated carbocycles. The molecule has 0 unspecified atom stereocenters. The fourth-order valence-corrected chi connectivity index (χ4v) is 1.88. The fourth-order valence-electron chi connectivity index (χ4n) is 1.38. The molecule has 0 saturated heterocycles. The van der Waals surface area contributed by atoms with Gasteiger partial charge in [0.2, 0.25) is 5.91 Å². The van der Waals surface area contributed by atoms with E-state index in [0.717, 1.165) is 5.56 Å². The highest BCUT2D eigenvalue weighted by Crippen LogP contribution is 2.21. The van der Waals surface area contributed by atoms with E-state index in [2.05, 4.69) is 5.32 Å². The third-order valence-electron chi connectivity index (χ3n) is 2.40. The van der Waals surface area contributed by atoms with Gasteiger partial charge >= 0.3 is 0 Å².